The highest BCUT2D eigenvalue weighted by Gasteiger charge is 2.15. The molecule has 0 unspecified atom stereocenters. The van der Waals surface area contributed by atoms with Crippen LogP contribution in [0.25, 0.3) is 0 Å². The number of Topliss-reactive ketones (excluding diaryl/α,β-unsaturated/α-hetero) is 2. The van der Waals surface area contributed by atoms with E-state index in [-0.39, 0.29) is 29.6 Å². The predicted octanol–water partition coefficient (Wildman–Crippen LogP) is 7.91. The van der Waals surface area contributed by atoms with Crippen molar-refractivity contribution in [3.63, 3.8) is 0 Å². The molecule has 0 aliphatic heterocycles. The van der Waals surface area contributed by atoms with Gasteiger partial charge < -0.3 is 15.8 Å². The largest absolute Gasteiger partial charge is 0.461 e. The first-order valence-corrected chi connectivity index (χ1v) is 15.0. The first-order valence-electron chi connectivity index (χ1n) is 15.0. The van der Waals surface area contributed by atoms with Gasteiger partial charge in [0.25, 0.3) is 0 Å². The topological polar surface area (TPSA) is 98.5 Å². The minimum Gasteiger partial charge on any atom is -0.461 e. The Bertz CT molecular complexity index is 676. The Morgan fingerprint density at radius 2 is 1.28 bits per heavy atom. The monoisotopic (exact) mass is 552 g/mol. The predicted molar refractivity (Wildman–Crippen MR) is 169 cm³/mol. The molecule has 0 bridgehead atoms. The lowest BCUT2D eigenvalue weighted by atomic mass is 9.96. The molecule has 0 aromatic heterocycles. The second-order valence-corrected chi connectivity index (χ2v) is 9.95. The van der Waals surface area contributed by atoms with Crippen molar-refractivity contribution in [1.82, 2.24) is 5.32 Å². The Morgan fingerprint density at radius 3 is 1.64 bits per heavy atom. The summed E-state index contributed by atoms with van der Waals surface area (Å²) in [4.78, 5) is 32.4. The van der Waals surface area contributed by atoms with Crippen molar-refractivity contribution in [1.29, 1.82) is 0 Å². The normalized spacial score (nSPS) is 11.8. The van der Waals surface area contributed by atoms with Crippen molar-refractivity contribution in [2.75, 3.05) is 7.05 Å². The van der Waals surface area contributed by atoms with Crippen molar-refractivity contribution in [3.8, 4) is 0 Å². The van der Waals surface area contributed by atoms with Crippen molar-refractivity contribution >= 4 is 17.5 Å². The molecule has 1 aromatic carbocycles. The molecule has 0 aliphatic carbocycles. The first-order chi connectivity index (χ1) is 18.3. The minimum absolute atomic E-state index is 0.148. The quantitative estimate of drug-likeness (QED) is 0.190. The number of carbonyl (C=O) groups is 3. The Balaban J connectivity index is -0.000000211. The van der Waals surface area contributed by atoms with Gasteiger partial charge in [0.15, 0.2) is 5.78 Å². The van der Waals surface area contributed by atoms with Gasteiger partial charge in [-0.15, -0.1) is 0 Å². The number of ether oxygens (including phenoxy) is 1. The number of nitrogens with one attached hydrogen (secondary N) is 1. The Kier molecular flexibility index (Phi) is 36.3. The average molecular weight is 553 g/mol. The maximum absolute atomic E-state index is 11.2. The van der Waals surface area contributed by atoms with Gasteiger partial charge in [0.2, 0.25) is 0 Å². The molecule has 0 aliphatic rings. The van der Waals surface area contributed by atoms with Gasteiger partial charge in [0.05, 0.1) is 6.04 Å². The molecule has 1 rings (SSSR count). The highest BCUT2D eigenvalue weighted by molar-refractivity contribution is 5.85. The summed E-state index contributed by atoms with van der Waals surface area (Å²) in [6, 6.07) is 9.94. The molecule has 0 spiro atoms. The van der Waals surface area contributed by atoms with Crippen LogP contribution in [0.15, 0.2) is 30.3 Å². The highest BCUT2D eigenvalue weighted by Crippen LogP contribution is 2.10. The second-order valence-electron chi connectivity index (χ2n) is 9.95. The van der Waals surface area contributed by atoms with E-state index < -0.39 is 0 Å². The van der Waals surface area contributed by atoms with Gasteiger partial charge in [0.1, 0.15) is 12.4 Å². The van der Waals surface area contributed by atoms with Crippen LogP contribution in [0.2, 0.25) is 0 Å². The number of rotatable bonds is 13. The number of hydrogen-bond acceptors (Lipinski definition) is 6. The molecule has 0 fully saturated rings. The minimum atomic E-state index is -0.290. The van der Waals surface area contributed by atoms with E-state index in [0.29, 0.717) is 18.4 Å². The first kappa shape index (κ1) is 44.0. The fraction of sp³-hybridized carbons (Fsp3) is 0.727. The van der Waals surface area contributed by atoms with Crippen molar-refractivity contribution in [3.05, 3.63) is 35.9 Å². The second kappa shape index (κ2) is 32.2. The van der Waals surface area contributed by atoms with Crippen LogP contribution in [0.4, 0.5) is 0 Å². The summed E-state index contributed by atoms with van der Waals surface area (Å²) in [6.45, 7) is 21.7. The molecule has 6 nitrogen and oxygen atoms in total. The third kappa shape index (κ3) is 36.0. The van der Waals surface area contributed by atoms with Crippen LogP contribution in [-0.4, -0.2) is 36.7 Å². The van der Waals surface area contributed by atoms with Gasteiger partial charge in [-0.2, -0.15) is 0 Å². The van der Waals surface area contributed by atoms with E-state index in [0.717, 1.165) is 31.2 Å². The smallest absolute Gasteiger partial charge is 0.302 e. The molecule has 6 heteroatoms. The Hall–Kier alpha value is -2.05. The molecule has 0 heterocycles. The van der Waals surface area contributed by atoms with Crippen molar-refractivity contribution < 1.29 is 19.1 Å². The van der Waals surface area contributed by atoms with E-state index in [2.05, 4.69) is 33.0 Å². The van der Waals surface area contributed by atoms with E-state index in [1.807, 2.05) is 65.1 Å². The molecule has 0 amide bonds. The third-order valence-corrected chi connectivity index (χ3v) is 5.72. The van der Waals surface area contributed by atoms with Gasteiger partial charge in [-0.3, -0.25) is 14.4 Å². The van der Waals surface area contributed by atoms with E-state index >= 15 is 0 Å². The van der Waals surface area contributed by atoms with E-state index in [1.165, 1.54) is 26.2 Å². The molecule has 0 radical (unpaired) electrons. The number of hydrogen-bond donors (Lipinski definition) is 2. The van der Waals surface area contributed by atoms with Crippen molar-refractivity contribution in [2.45, 2.75) is 140 Å². The molecule has 39 heavy (non-hydrogen) atoms. The summed E-state index contributed by atoms with van der Waals surface area (Å²) in [5.74, 6) is 0.713. The van der Waals surface area contributed by atoms with E-state index in [9.17, 15) is 14.4 Å². The van der Waals surface area contributed by atoms with Gasteiger partial charge >= 0.3 is 5.97 Å². The number of benzene rings is 1. The fourth-order valence-corrected chi connectivity index (χ4v) is 2.76. The van der Waals surface area contributed by atoms with Crippen LogP contribution in [0.5, 0.6) is 0 Å². The number of esters is 1. The van der Waals surface area contributed by atoms with E-state index in [1.54, 1.807) is 13.8 Å². The molecule has 3 N–H and O–H groups in total. The van der Waals surface area contributed by atoms with Crippen LogP contribution in [0.1, 0.15) is 127 Å². The zero-order valence-corrected chi connectivity index (χ0v) is 27.6. The number of nitrogens with two attached hydrogens (primary N) is 1. The number of ketones is 2. The summed E-state index contributed by atoms with van der Waals surface area (Å²) in [5, 5.41) is 3.03. The summed E-state index contributed by atoms with van der Waals surface area (Å²) < 4.78 is 4.79. The maximum atomic E-state index is 11.2. The average Bonchev–Trinajstić information content (AvgIpc) is 2.92. The lowest BCUT2D eigenvalue weighted by Gasteiger charge is -2.11. The molecule has 0 saturated carbocycles. The van der Waals surface area contributed by atoms with E-state index in [4.69, 9.17) is 10.5 Å². The van der Waals surface area contributed by atoms with Crippen LogP contribution in [0.3, 0.4) is 0 Å². The molecular formula is C33H64N2O4. The zero-order valence-electron chi connectivity index (χ0n) is 27.6. The molecule has 3 atom stereocenters. The standard InChI is InChI=1S/C9H19NO.C9H10O2.C9H18O.C4H11N.C2H6/c1-4-5-6-7(2)9(11)8(3)10;1-8(10)11-7-9-5-3-2-4-6-9;1-4-5-6-7-8(2)9(3)10;1-4(2)5-3;1-2/h7-8H,4-6,10H2,1-3H3;2-6H,7H2,1H3;8H,4-7H2,1-3H3;4-5H,1-3H3;1-2H3/t7-,8-;;8-;;/m0.0../s1. The number of unbranched alkanes of at least 4 members (excludes halogenated alkanes) is 3. The SMILES string of the molecule is CC.CC(=O)OCc1ccccc1.CCCCC[C@H](C)C(C)=O.CCCC[C@H](C)C(=O)[C@H](C)N.CNC(C)C. The van der Waals surface area contributed by atoms with Gasteiger partial charge in [-0.05, 0) is 39.3 Å². The lowest BCUT2D eigenvalue weighted by molar-refractivity contribution is -0.142. The van der Waals surface area contributed by atoms with Crippen LogP contribution in [-0.2, 0) is 25.7 Å². The fourth-order valence-electron chi connectivity index (χ4n) is 2.76. The van der Waals surface area contributed by atoms with Crippen LogP contribution >= 0.6 is 0 Å². The lowest BCUT2D eigenvalue weighted by Crippen LogP contribution is -2.31. The summed E-state index contributed by atoms with van der Waals surface area (Å²) in [7, 11) is 1.95. The zero-order chi connectivity index (χ0) is 31.2. The molecule has 230 valence electrons. The van der Waals surface area contributed by atoms with Crippen LogP contribution < -0.4 is 11.1 Å². The number of carbonyl (C=O) groups excluding carboxylic acids is 3. The third-order valence-electron chi connectivity index (χ3n) is 5.72. The molecule has 1 aromatic rings. The van der Waals surface area contributed by atoms with Gasteiger partial charge in [-0.25, -0.2) is 0 Å². The summed E-state index contributed by atoms with van der Waals surface area (Å²) >= 11 is 0. The molecule has 0 saturated heterocycles. The Labute approximate surface area is 242 Å². The van der Waals surface area contributed by atoms with Gasteiger partial charge in [-0.1, -0.05) is 118 Å². The maximum Gasteiger partial charge on any atom is 0.302 e. The highest BCUT2D eigenvalue weighted by atomic mass is 16.5. The Morgan fingerprint density at radius 1 is 0.821 bits per heavy atom. The van der Waals surface area contributed by atoms with Gasteiger partial charge in [0, 0.05) is 24.8 Å². The van der Waals surface area contributed by atoms with Crippen LogP contribution in [0, 0.1) is 11.8 Å². The summed E-state index contributed by atoms with van der Waals surface area (Å²) in [5.41, 5.74) is 6.48. The molecular weight excluding hydrogens is 488 g/mol. The van der Waals surface area contributed by atoms with Crippen molar-refractivity contribution in [2.24, 2.45) is 17.6 Å². The summed E-state index contributed by atoms with van der Waals surface area (Å²) in [6.07, 6.45) is 8.04.